The number of amides is 2. The molecule has 6 heteroatoms. The van der Waals surface area contributed by atoms with Crippen LogP contribution in [0, 0.1) is 0 Å². The minimum absolute atomic E-state index is 0.00972. The lowest BCUT2D eigenvalue weighted by Crippen LogP contribution is -2.23. The van der Waals surface area contributed by atoms with E-state index in [0.717, 1.165) is 45.2 Å². The minimum atomic E-state index is -0.476. The Hall–Kier alpha value is -1.92. The summed E-state index contributed by atoms with van der Waals surface area (Å²) in [5, 5.41) is 11.6. The highest BCUT2D eigenvalue weighted by Crippen LogP contribution is 2.11. The Morgan fingerprint density at radius 1 is 1.04 bits per heavy atom. The molecule has 4 N–H and O–H groups in total. The van der Waals surface area contributed by atoms with Crippen molar-refractivity contribution in [1.29, 1.82) is 0 Å². The van der Waals surface area contributed by atoms with E-state index in [1.807, 2.05) is 7.05 Å². The number of hydrogen-bond acceptors (Lipinski definition) is 4. The van der Waals surface area contributed by atoms with Gasteiger partial charge in [0.1, 0.15) is 0 Å². The monoisotopic (exact) mass is 335 g/mol. The highest BCUT2D eigenvalue weighted by Gasteiger charge is 2.04. The van der Waals surface area contributed by atoms with Crippen LogP contribution in [0.15, 0.2) is 24.3 Å². The van der Waals surface area contributed by atoms with Gasteiger partial charge in [-0.25, -0.2) is 0 Å². The Balaban J connectivity index is 2.08. The predicted molar refractivity (Wildman–Crippen MR) is 95.9 cm³/mol. The number of likely N-dealkylation sites (N-methyl/N-ethyl adjacent to an activating group) is 1. The van der Waals surface area contributed by atoms with E-state index in [1.54, 1.807) is 24.3 Å². The number of carbonyl (C=O) groups excluding carboxylic acids is 2. The fraction of sp³-hybridized carbons (Fsp3) is 0.556. The van der Waals surface area contributed by atoms with Gasteiger partial charge in [0.15, 0.2) is 0 Å². The second-order valence-corrected chi connectivity index (χ2v) is 6.03. The highest BCUT2D eigenvalue weighted by atomic mass is 16.3. The van der Waals surface area contributed by atoms with Crippen molar-refractivity contribution in [3.8, 4) is 0 Å². The second-order valence-electron chi connectivity index (χ2n) is 6.03. The van der Waals surface area contributed by atoms with Crippen LogP contribution in [0.4, 0.5) is 5.69 Å². The molecule has 0 aromatic heterocycles. The quantitative estimate of drug-likeness (QED) is 0.509. The molecule has 0 aliphatic rings. The Morgan fingerprint density at radius 2 is 1.67 bits per heavy atom. The van der Waals surface area contributed by atoms with Gasteiger partial charge in [-0.15, -0.1) is 0 Å². The maximum absolute atomic E-state index is 11.8. The van der Waals surface area contributed by atoms with Crippen LogP contribution in [0.3, 0.4) is 0 Å². The Morgan fingerprint density at radius 3 is 2.29 bits per heavy atom. The van der Waals surface area contributed by atoms with Crippen LogP contribution in [0.1, 0.15) is 48.9 Å². The van der Waals surface area contributed by atoms with E-state index in [1.165, 1.54) is 0 Å². The SMILES string of the molecule is CN(CCO)CCCCCCCC(=O)Nc1ccc(C(N)=O)cc1. The molecule has 2 amide bonds. The van der Waals surface area contributed by atoms with Crippen LogP contribution in [-0.2, 0) is 4.79 Å². The predicted octanol–water partition coefficient (Wildman–Crippen LogP) is 1.99. The van der Waals surface area contributed by atoms with E-state index < -0.39 is 5.91 Å². The van der Waals surface area contributed by atoms with Crippen LogP contribution in [0.5, 0.6) is 0 Å². The third-order valence-electron chi connectivity index (χ3n) is 3.88. The Kier molecular flexibility index (Phi) is 9.72. The first kappa shape index (κ1) is 20.1. The molecule has 0 fully saturated rings. The summed E-state index contributed by atoms with van der Waals surface area (Å²) in [6.07, 6.45) is 5.80. The number of nitrogens with two attached hydrogens (primary N) is 1. The molecule has 0 spiro atoms. The third kappa shape index (κ3) is 8.64. The van der Waals surface area contributed by atoms with Crippen molar-refractivity contribution >= 4 is 17.5 Å². The first-order chi connectivity index (χ1) is 11.5. The lowest BCUT2D eigenvalue weighted by Gasteiger charge is -2.14. The normalized spacial score (nSPS) is 10.8. The van der Waals surface area contributed by atoms with Gasteiger partial charge >= 0.3 is 0 Å². The van der Waals surface area contributed by atoms with Gasteiger partial charge < -0.3 is 21.1 Å². The topological polar surface area (TPSA) is 95.7 Å². The molecule has 0 heterocycles. The van der Waals surface area contributed by atoms with Gasteiger partial charge in [0.2, 0.25) is 11.8 Å². The molecule has 0 aliphatic heterocycles. The van der Waals surface area contributed by atoms with E-state index in [4.69, 9.17) is 10.8 Å². The number of nitrogens with one attached hydrogen (secondary N) is 1. The average Bonchev–Trinajstić information content (AvgIpc) is 2.54. The van der Waals surface area contributed by atoms with Crippen molar-refractivity contribution in [2.75, 3.05) is 32.1 Å². The minimum Gasteiger partial charge on any atom is -0.395 e. The van der Waals surface area contributed by atoms with Crippen LogP contribution in [0.2, 0.25) is 0 Å². The number of anilines is 1. The molecule has 1 rings (SSSR count). The molecule has 0 unspecified atom stereocenters. The maximum atomic E-state index is 11.8. The number of unbranched alkanes of at least 4 members (excludes halogenated alkanes) is 4. The molecule has 24 heavy (non-hydrogen) atoms. The van der Waals surface area contributed by atoms with Gasteiger partial charge in [0.25, 0.3) is 0 Å². The van der Waals surface area contributed by atoms with Crippen LogP contribution >= 0.6 is 0 Å². The lowest BCUT2D eigenvalue weighted by atomic mass is 10.1. The smallest absolute Gasteiger partial charge is 0.248 e. The number of nitrogens with zero attached hydrogens (tertiary/aromatic N) is 1. The van der Waals surface area contributed by atoms with Crippen LogP contribution in [-0.4, -0.2) is 48.6 Å². The second kappa shape index (κ2) is 11.6. The Bertz CT molecular complexity index is 503. The standard InChI is InChI=1S/C18H29N3O3/c1-21(13-14-22)12-6-4-2-3-5-7-17(23)20-16-10-8-15(9-11-16)18(19)24/h8-11,22H,2-7,12-14H2,1H3,(H2,19,24)(H,20,23). The summed E-state index contributed by atoms with van der Waals surface area (Å²) >= 11 is 0. The molecule has 134 valence electrons. The van der Waals surface area contributed by atoms with E-state index in [2.05, 4.69) is 10.2 Å². The van der Waals surface area contributed by atoms with Crippen molar-refractivity contribution in [1.82, 2.24) is 4.90 Å². The van der Waals surface area contributed by atoms with Crippen molar-refractivity contribution in [2.45, 2.75) is 38.5 Å². The van der Waals surface area contributed by atoms with Gasteiger partial charge in [0.05, 0.1) is 6.61 Å². The number of carbonyl (C=O) groups is 2. The zero-order valence-electron chi connectivity index (χ0n) is 14.5. The van der Waals surface area contributed by atoms with E-state index in [9.17, 15) is 9.59 Å². The van der Waals surface area contributed by atoms with Crippen molar-refractivity contribution < 1.29 is 14.7 Å². The third-order valence-corrected chi connectivity index (χ3v) is 3.88. The fourth-order valence-corrected chi connectivity index (χ4v) is 2.42. The molecule has 6 nitrogen and oxygen atoms in total. The molecule has 0 atom stereocenters. The van der Waals surface area contributed by atoms with Crippen molar-refractivity contribution in [2.24, 2.45) is 5.73 Å². The molecule has 0 bridgehead atoms. The van der Waals surface area contributed by atoms with E-state index in [-0.39, 0.29) is 12.5 Å². The number of aliphatic hydroxyl groups excluding tert-OH is 1. The van der Waals surface area contributed by atoms with E-state index >= 15 is 0 Å². The fourth-order valence-electron chi connectivity index (χ4n) is 2.42. The molecule has 0 saturated heterocycles. The number of aliphatic hydroxyl groups is 1. The van der Waals surface area contributed by atoms with Crippen molar-refractivity contribution in [3.05, 3.63) is 29.8 Å². The number of primary amides is 1. The zero-order chi connectivity index (χ0) is 17.8. The number of benzene rings is 1. The van der Waals surface area contributed by atoms with E-state index in [0.29, 0.717) is 17.7 Å². The summed E-state index contributed by atoms with van der Waals surface area (Å²) in [5.74, 6) is -0.486. The van der Waals surface area contributed by atoms with Gasteiger partial charge in [-0.3, -0.25) is 9.59 Å². The Labute approximate surface area is 144 Å². The summed E-state index contributed by atoms with van der Waals surface area (Å²) in [6, 6.07) is 6.57. The number of rotatable bonds is 12. The van der Waals surface area contributed by atoms with Crippen molar-refractivity contribution in [3.63, 3.8) is 0 Å². The molecule has 1 aromatic rings. The molecule has 0 aliphatic carbocycles. The molecule has 0 saturated carbocycles. The summed E-state index contributed by atoms with van der Waals surface area (Å²) < 4.78 is 0. The highest BCUT2D eigenvalue weighted by molar-refractivity contribution is 5.94. The first-order valence-electron chi connectivity index (χ1n) is 8.52. The van der Waals surface area contributed by atoms with Crippen LogP contribution in [0.25, 0.3) is 0 Å². The lowest BCUT2D eigenvalue weighted by molar-refractivity contribution is -0.116. The summed E-state index contributed by atoms with van der Waals surface area (Å²) in [6.45, 7) is 1.93. The largest absolute Gasteiger partial charge is 0.395 e. The molecule has 1 aromatic carbocycles. The summed E-state index contributed by atoms with van der Waals surface area (Å²) in [4.78, 5) is 24.9. The number of hydrogen-bond donors (Lipinski definition) is 3. The molecular formula is C18H29N3O3. The summed E-state index contributed by atoms with van der Waals surface area (Å²) in [7, 11) is 2.01. The zero-order valence-corrected chi connectivity index (χ0v) is 14.5. The maximum Gasteiger partial charge on any atom is 0.248 e. The van der Waals surface area contributed by atoms with Gasteiger partial charge in [-0.05, 0) is 50.7 Å². The van der Waals surface area contributed by atoms with Gasteiger partial charge in [-0.1, -0.05) is 19.3 Å². The molecule has 0 radical (unpaired) electrons. The van der Waals surface area contributed by atoms with Gasteiger partial charge in [-0.2, -0.15) is 0 Å². The molecular weight excluding hydrogens is 306 g/mol. The first-order valence-corrected chi connectivity index (χ1v) is 8.52. The van der Waals surface area contributed by atoms with Gasteiger partial charge in [0, 0.05) is 24.2 Å². The summed E-state index contributed by atoms with van der Waals surface area (Å²) in [5.41, 5.74) is 6.28. The average molecular weight is 335 g/mol. The van der Waals surface area contributed by atoms with Crippen LogP contribution < -0.4 is 11.1 Å².